The first kappa shape index (κ1) is 8.90. The van der Waals surface area contributed by atoms with Crippen LogP contribution >= 0.6 is 0 Å². The van der Waals surface area contributed by atoms with Crippen LogP contribution in [-0.4, -0.2) is 14.8 Å². The first-order chi connectivity index (χ1) is 6.77. The zero-order valence-corrected chi connectivity index (χ0v) is 7.96. The van der Waals surface area contributed by atoms with Crippen molar-refractivity contribution in [3.8, 4) is 5.69 Å². The summed E-state index contributed by atoms with van der Waals surface area (Å²) >= 11 is 0. The summed E-state index contributed by atoms with van der Waals surface area (Å²) in [7, 11) is 0. The normalized spacial score (nSPS) is 12.7. The van der Waals surface area contributed by atoms with Gasteiger partial charge in [0.2, 0.25) is 0 Å². The maximum Gasteiger partial charge on any atom is 0.167 e. The first-order valence-electron chi connectivity index (χ1n) is 4.50. The molecule has 1 aromatic carbocycles. The second-order valence-electron chi connectivity index (χ2n) is 3.17. The topological polar surface area (TPSA) is 56.7 Å². The van der Waals surface area contributed by atoms with Gasteiger partial charge >= 0.3 is 0 Å². The molecule has 4 heteroatoms. The Kier molecular flexibility index (Phi) is 2.28. The monoisotopic (exact) mass is 188 g/mol. The number of benzene rings is 1. The van der Waals surface area contributed by atoms with Gasteiger partial charge in [-0.3, -0.25) is 0 Å². The van der Waals surface area contributed by atoms with E-state index in [1.165, 1.54) is 0 Å². The molecule has 0 saturated heterocycles. The Hall–Kier alpha value is -1.68. The Morgan fingerprint density at radius 2 is 2.00 bits per heavy atom. The lowest BCUT2D eigenvalue weighted by atomic mass is 10.3. The molecule has 0 saturated carbocycles. The van der Waals surface area contributed by atoms with Gasteiger partial charge in [0.25, 0.3) is 0 Å². The van der Waals surface area contributed by atoms with E-state index in [0.717, 1.165) is 5.69 Å². The second kappa shape index (κ2) is 3.59. The molecule has 0 aliphatic heterocycles. The second-order valence-corrected chi connectivity index (χ2v) is 3.17. The van der Waals surface area contributed by atoms with Crippen LogP contribution in [0.4, 0.5) is 0 Å². The van der Waals surface area contributed by atoms with Crippen molar-refractivity contribution < 1.29 is 0 Å². The van der Waals surface area contributed by atoms with E-state index in [-0.39, 0.29) is 6.04 Å². The van der Waals surface area contributed by atoms with Gasteiger partial charge in [0.15, 0.2) is 5.82 Å². The molecule has 1 aromatic heterocycles. The maximum absolute atomic E-state index is 5.67. The quantitative estimate of drug-likeness (QED) is 0.772. The molecule has 2 aromatic rings. The Bertz CT molecular complexity index is 405. The summed E-state index contributed by atoms with van der Waals surface area (Å²) in [5, 5.41) is 4.26. The highest BCUT2D eigenvalue weighted by atomic mass is 15.3. The summed E-state index contributed by atoms with van der Waals surface area (Å²) in [6.45, 7) is 1.87. The standard InChI is InChI=1S/C10H12N4/c1-8(11)10-12-7-14(13-10)9-5-3-2-4-6-9/h2-8H,11H2,1H3. The third kappa shape index (κ3) is 1.65. The highest BCUT2D eigenvalue weighted by molar-refractivity contribution is 5.29. The summed E-state index contributed by atoms with van der Waals surface area (Å²) in [6, 6.07) is 9.71. The van der Waals surface area contributed by atoms with Crippen LogP contribution in [0.25, 0.3) is 5.69 Å². The van der Waals surface area contributed by atoms with Crippen LogP contribution in [0.5, 0.6) is 0 Å². The van der Waals surface area contributed by atoms with Crippen molar-refractivity contribution in [2.45, 2.75) is 13.0 Å². The Morgan fingerprint density at radius 3 is 2.57 bits per heavy atom. The van der Waals surface area contributed by atoms with E-state index in [4.69, 9.17) is 5.73 Å². The SMILES string of the molecule is CC(N)c1ncn(-c2ccccc2)n1. The van der Waals surface area contributed by atoms with Gasteiger partial charge in [0.05, 0.1) is 11.7 Å². The number of rotatable bonds is 2. The number of aromatic nitrogens is 3. The van der Waals surface area contributed by atoms with Crippen LogP contribution in [-0.2, 0) is 0 Å². The van der Waals surface area contributed by atoms with Crippen LogP contribution in [0.2, 0.25) is 0 Å². The average Bonchev–Trinajstić information content (AvgIpc) is 2.68. The summed E-state index contributed by atoms with van der Waals surface area (Å²) in [5.74, 6) is 0.661. The fourth-order valence-electron chi connectivity index (χ4n) is 1.19. The molecular formula is C10H12N4. The molecule has 0 fully saturated rings. The molecule has 1 heterocycles. The number of hydrogen-bond acceptors (Lipinski definition) is 3. The Labute approximate surface area is 82.4 Å². The highest BCUT2D eigenvalue weighted by Gasteiger charge is 2.05. The van der Waals surface area contributed by atoms with Crippen molar-refractivity contribution in [2.24, 2.45) is 5.73 Å². The minimum Gasteiger partial charge on any atom is -0.321 e. The highest BCUT2D eigenvalue weighted by Crippen LogP contribution is 2.07. The Morgan fingerprint density at radius 1 is 1.29 bits per heavy atom. The van der Waals surface area contributed by atoms with E-state index < -0.39 is 0 Å². The molecule has 14 heavy (non-hydrogen) atoms. The van der Waals surface area contributed by atoms with Crippen LogP contribution in [0.3, 0.4) is 0 Å². The fraction of sp³-hybridized carbons (Fsp3) is 0.200. The smallest absolute Gasteiger partial charge is 0.167 e. The summed E-state index contributed by atoms with van der Waals surface area (Å²) in [5.41, 5.74) is 6.66. The zero-order chi connectivity index (χ0) is 9.97. The third-order valence-electron chi connectivity index (χ3n) is 1.94. The van der Waals surface area contributed by atoms with E-state index in [9.17, 15) is 0 Å². The van der Waals surface area contributed by atoms with Gasteiger partial charge < -0.3 is 5.73 Å². The number of hydrogen-bond donors (Lipinski definition) is 1. The summed E-state index contributed by atoms with van der Waals surface area (Å²) in [6.07, 6.45) is 1.67. The van der Waals surface area contributed by atoms with E-state index in [0.29, 0.717) is 5.82 Å². The minimum atomic E-state index is -0.125. The third-order valence-corrected chi connectivity index (χ3v) is 1.94. The van der Waals surface area contributed by atoms with E-state index in [1.54, 1.807) is 11.0 Å². The summed E-state index contributed by atoms with van der Waals surface area (Å²) < 4.78 is 1.72. The molecule has 2 N–H and O–H groups in total. The van der Waals surface area contributed by atoms with E-state index >= 15 is 0 Å². The van der Waals surface area contributed by atoms with Gasteiger partial charge in [0.1, 0.15) is 6.33 Å². The molecule has 72 valence electrons. The van der Waals surface area contributed by atoms with Crippen molar-refractivity contribution in [1.82, 2.24) is 14.8 Å². The van der Waals surface area contributed by atoms with Crippen molar-refractivity contribution in [1.29, 1.82) is 0 Å². The van der Waals surface area contributed by atoms with Gasteiger partial charge in [0, 0.05) is 0 Å². The number of para-hydroxylation sites is 1. The number of nitrogens with zero attached hydrogens (tertiary/aromatic N) is 3. The van der Waals surface area contributed by atoms with Gasteiger partial charge in [-0.25, -0.2) is 9.67 Å². The van der Waals surface area contributed by atoms with E-state index in [1.807, 2.05) is 37.3 Å². The summed E-state index contributed by atoms with van der Waals surface area (Å²) in [4.78, 5) is 4.12. The lowest BCUT2D eigenvalue weighted by molar-refractivity contribution is 0.726. The van der Waals surface area contributed by atoms with Crippen molar-refractivity contribution >= 4 is 0 Å². The maximum atomic E-state index is 5.67. The molecule has 0 aliphatic rings. The van der Waals surface area contributed by atoms with Crippen molar-refractivity contribution in [3.63, 3.8) is 0 Å². The van der Waals surface area contributed by atoms with Gasteiger partial charge in [-0.15, -0.1) is 5.10 Å². The van der Waals surface area contributed by atoms with Crippen LogP contribution in [0.15, 0.2) is 36.7 Å². The van der Waals surface area contributed by atoms with Crippen LogP contribution < -0.4 is 5.73 Å². The predicted octanol–water partition coefficient (Wildman–Crippen LogP) is 1.29. The van der Waals surface area contributed by atoms with Crippen molar-refractivity contribution in [3.05, 3.63) is 42.5 Å². The molecule has 0 amide bonds. The molecule has 4 nitrogen and oxygen atoms in total. The minimum absolute atomic E-state index is 0.125. The molecule has 0 aliphatic carbocycles. The average molecular weight is 188 g/mol. The fourth-order valence-corrected chi connectivity index (χ4v) is 1.19. The molecule has 1 unspecified atom stereocenters. The molecule has 0 radical (unpaired) electrons. The largest absolute Gasteiger partial charge is 0.321 e. The van der Waals surface area contributed by atoms with Crippen molar-refractivity contribution in [2.75, 3.05) is 0 Å². The predicted molar refractivity (Wildman–Crippen MR) is 54.0 cm³/mol. The number of nitrogens with two attached hydrogens (primary N) is 1. The Balaban J connectivity index is 2.34. The first-order valence-corrected chi connectivity index (χ1v) is 4.50. The molecule has 1 atom stereocenters. The van der Waals surface area contributed by atoms with Gasteiger partial charge in [-0.2, -0.15) is 0 Å². The molecule has 2 rings (SSSR count). The van der Waals surface area contributed by atoms with Crippen LogP contribution in [0, 0.1) is 0 Å². The van der Waals surface area contributed by atoms with Gasteiger partial charge in [-0.05, 0) is 19.1 Å². The van der Waals surface area contributed by atoms with E-state index in [2.05, 4.69) is 10.1 Å². The molecule has 0 spiro atoms. The van der Waals surface area contributed by atoms with Crippen LogP contribution in [0.1, 0.15) is 18.8 Å². The lowest BCUT2D eigenvalue weighted by Crippen LogP contribution is -2.07. The lowest BCUT2D eigenvalue weighted by Gasteiger charge is -1.99. The molecule has 0 bridgehead atoms. The molecular weight excluding hydrogens is 176 g/mol. The van der Waals surface area contributed by atoms with Gasteiger partial charge in [-0.1, -0.05) is 18.2 Å². The zero-order valence-electron chi connectivity index (χ0n) is 7.96.